The Bertz CT molecular complexity index is 252. The Hall–Kier alpha value is -1.46. The number of H-pyrrole nitrogens is 1. The second-order valence-corrected chi connectivity index (χ2v) is 2.48. The van der Waals surface area contributed by atoms with E-state index in [-0.39, 0.29) is 11.7 Å². The van der Waals surface area contributed by atoms with Crippen LogP contribution in [0.4, 0.5) is 0 Å². The number of hydrogen-bond donors (Lipinski definition) is 2. The average molecular weight is 153 g/mol. The number of aromatic nitrogens is 4. The standard InChI is InChI=1S/C5H7N5O/c11-5(6-3-1-2-3)4-7-9-10-8-4/h3H,1-2H2,(H,6,11)(H,7,8,9,10). The number of carbonyl (C=O) groups excluding carboxylic acids is 1. The molecule has 0 radical (unpaired) electrons. The van der Waals surface area contributed by atoms with Gasteiger partial charge in [0.05, 0.1) is 0 Å². The Morgan fingerprint density at radius 3 is 3.00 bits per heavy atom. The average Bonchev–Trinajstić information content (AvgIpc) is 2.67. The van der Waals surface area contributed by atoms with Crippen molar-refractivity contribution >= 4 is 5.91 Å². The molecule has 0 unspecified atom stereocenters. The van der Waals surface area contributed by atoms with Gasteiger partial charge >= 0.3 is 0 Å². The topological polar surface area (TPSA) is 83.6 Å². The molecule has 0 saturated heterocycles. The highest BCUT2D eigenvalue weighted by Gasteiger charge is 2.25. The van der Waals surface area contributed by atoms with Crippen molar-refractivity contribution in [2.45, 2.75) is 18.9 Å². The van der Waals surface area contributed by atoms with Gasteiger partial charge in [0.2, 0.25) is 0 Å². The molecule has 1 saturated carbocycles. The fourth-order valence-corrected chi connectivity index (χ4v) is 0.736. The number of carbonyl (C=O) groups is 1. The Labute approximate surface area is 62.4 Å². The highest BCUT2D eigenvalue weighted by Crippen LogP contribution is 2.18. The molecule has 1 aromatic heterocycles. The lowest BCUT2D eigenvalue weighted by atomic mass is 10.5. The van der Waals surface area contributed by atoms with Crippen molar-refractivity contribution in [3.63, 3.8) is 0 Å². The van der Waals surface area contributed by atoms with E-state index in [9.17, 15) is 4.79 Å². The molecular weight excluding hydrogens is 146 g/mol. The molecule has 0 atom stereocenters. The highest BCUT2D eigenvalue weighted by molar-refractivity contribution is 5.90. The Morgan fingerprint density at radius 2 is 2.45 bits per heavy atom. The Morgan fingerprint density at radius 1 is 1.64 bits per heavy atom. The van der Waals surface area contributed by atoms with Crippen molar-refractivity contribution in [2.24, 2.45) is 0 Å². The van der Waals surface area contributed by atoms with Gasteiger partial charge in [-0.1, -0.05) is 0 Å². The molecule has 2 rings (SSSR count). The first-order chi connectivity index (χ1) is 5.36. The van der Waals surface area contributed by atoms with Crippen LogP contribution in [0.25, 0.3) is 0 Å². The molecule has 1 heterocycles. The lowest BCUT2D eigenvalue weighted by molar-refractivity contribution is 0.0941. The van der Waals surface area contributed by atoms with Gasteiger partial charge in [0.25, 0.3) is 11.7 Å². The lowest BCUT2D eigenvalue weighted by Gasteiger charge is -1.95. The number of aromatic amines is 1. The van der Waals surface area contributed by atoms with Gasteiger partial charge in [0.1, 0.15) is 0 Å². The summed E-state index contributed by atoms with van der Waals surface area (Å²) in [6.07, 6.45) is 2.12. The minimum atomic E-state index is -0.249. The zero-order valence-electron chi connectivity index (χ0n) is 5.74. The van der Waals surface area contributed by atoms with Gasteiger partial charge in [-0.25, -0.2) is 0 Å². The molecule has 0 aromatic carbocycles. The number of amides is 1. The van der Waals surface area contributed by atoms with E-state index >= 15 is 0 Å². The number of nitrogens with zero attached hydrogens (tertiary/aromatic N) is 3. The Kier molecular flexibility index (Phi) is 1.31. The summed E-state index contributed by atoms with van der Waals surface area (Å²) in [6.45, 7) is 0. The fraction of sp³-hybridized carbons (Fsp3) is 0.600. The second-order valence-electron chi connectivity index (χ2n) is 2.48. The minimum Gasteiger partial charge on any atom is -0.346 e. The summed E-state index contributed by atoms with van der Waals surface area (Å²) in [5.41, 5.74) is 0. The van der Waals surface area contributed by atoms with E-state index in [0.29, 0.717) is 6.04 Å². The number of nitrogens with one attached hydrogen (secondary N) is 2. The number of tetrazole rings is 1. The molecule has 1 aromatic rings. The molecule has 6 nitrogen and oxygen atoms in total. The molecule has 6 heteroatoms. The molecule has 1 aliphatic rings. The predicted octanol–water partition coefficient (Wildman–Crippen LogP) is -0.908. The summed E-state index contributed by atoms with van der Waals surface area (Å²) in [5, 5.41) is 15.3. The van der Waals surface area contributed by atoms with Crippen LogP contribution in [0.3, 0.4) is 0 Å². The molecule has 1 amide bonds. The molecule has 0 bridgehead atoms. The van der Waals surface area contributed by atoms with E-state index < -0.39 is 0 Å². The fourth-order valence-electron chi connectivity index (χ4n) is 0.736. The minimum absolute atomic E-state index is 0.108. The van der Waals surface area contributed by atoms with Crippen molar-refractivity contribution in [1.29, 1.82) is 0 Å². The maximum Gasteiger partial charge on any atom is 0.293 e. The van der Waals surface area contributed by atoms with Crippen molar-refractivity contribution in [3.8, 4) is 0 Å². The van der Waals surface area contributed by atoms with Gasteiger partial charge in [-0.2, -0.15) is 5.21 Å². The quantitative estimate of drug-likeness (QED) is 0.576. The van der Waals surface area contributed by atoms with Gasteiger partial charge in [-0.15, -0.1) is 10.2 Å². The third kappa shape index (κ3) is 1.34. The van der Waals surface area contributed by atoms with Gasteiger partial charge in [-0.05, 0) is 18.1 Å². The molecule has 0 aliphatic heterocycles. The largest absolute Gasteiger partial charge is 0.346 e. The molecular formula is C5H7N5O. The molecule has 1 fully saturated rings. The lowest BCUT2D eigenvalue weighted by Crippen LogP contribution is -2.26. The van der Waals surface area contributed by atoms with E-state index in [1.807, 2.05) is 0 Å². The van der Waals surface area contributed by atoms with Crippen molar-refractivity contribution in [1.82, 2.24) is 25.9 Å². The number of rotatable bonds is 2. The molecule has 2 N–H and O–H groups in total. The van der Waals surface area contributed by atoms with Crippen LogP contribution in [0.5, 0.6) is 0 Å². The zero-order valence-corrected chi connectivity index (χ0v) is 5.74. The van der Waals surface area contributed by atoms with Crippen LogP contribution >= 0.6 is 0 Å². The molecule has 58 valence electrons. The molecule has 11 heavy (non-hydrogen) atoms. The monoisotopic (exact) mass is 153 g/mol. The third-order valence-electron chi connectivity index (χ3n) is 1.46. The normalized spacial score (nSPS) is 16.4. The van der Waals surface area contributed by atoms with Crippen molar-refractivity contribution < 1.29 is 4.79 Å². The summed E-state index contributed by atoms with van der Waals surface area (Å²) in [7, 11) is 0. The van der Waals surface area contributed by atoms with Crippen LogP contribution in [0.1, 0.15) is 23.5 Å². The van der Waals surface area contributed by atoms with E-state index in [1.165, 1.54) is 0 Å². The van der Waals surface area contributed by atoms with Crippen LogP contribution in [0, 0.1) is 0 Å². The number of hydrogen-bond acceptors (Lipinski definition) is 4. The first-order valence-corrected chi connectivity index (χ1v) is 3.40. The van der Waals surface area contributed by atoms with Crippen LogP contribution in [-0.2, 0) is 0 Å². The first kappa shape index (κ1) is 6.26. The van der Waals surface area contributed by atoms with E-state index in [1.54, 1.807) is 0 Å². The van der Waals surface area contributed by atoms with Crippen LogP contribution in [-0.4, -0.2) is 32.6 Å². The van der Waals surface area contributed by atoms with Crippen LogP contribution in [0.15, 0.2) is 0 Å². The van der Waals surface area contributed by atoms with Gasteiger partial charge in [0, 0.05) is 6.04 Å². The van der Waals surface area contributed by atoms with E-state index in [2.05, 4.69) is 25.9 Å². The maximum absolute atomic E-state index is 11.1. The van der Waals surface area contributed by atoms with Gasteiger partial charge in [0.15, 0.2) is 0 Å². The summed E-state index contributed by atoms with van der Waals surface area (Å²) < 4.78 is 0. The van der Waals surface area contributed by atoms with Crippen LogP contribution in [0.2, 0.25) is 0 Å². The Balaban J connectivity index is 1.99. The van der Waals surface area contributed by atoms with E-state index in [4.69, 9.17) is 0 Å². The van der Waals surface area contributed by atoms with Crippen LogP contribution < -0.4 is 5.32 Å². The predicted molar refractivity (Wildman–Crippen MR) is 34.7 cm³/mol. The summed E-state index contributed by atoms with van der Waals surface area (Å²) >= 11 is 0. The summed E-state index contributed by atoms with van der Waals surface area (Å²) in [6, 6.07) is 0.334. The zero-order chi connectivity index (χ0) is 7.68. The van der Waals surface area contributed by atoms with Gasteiger partial charge in [-0.3, -0.25) is 4.79 Å². The van der Waals surface area contributed by atoms with E-state index in [0.717, 1.165) is 12.8 Å². The SMILES string of the molecule is O=C(NC1CC1)c1nn[nH]n1. The smallest absolute Gasteiger partial charge is 0.293 e. The molecule has 0 spiro atoms. The summed E-state index contributed by atoms with van der Waals surface area (Å²) in [5.74, 6) is -0.141. The maximum atomic E-state index is 11.1. The van der Waals surface area contributed by atoms with Crippen molar-refractivity contribution in [3.05, 3.63) is 5.82 Å². The van der Waals surface area contributed by atoms with Crippen molar-refractivity contribution in [2.75, 3.05) is 0 Å². The summed E-state index contributed by atoms with van der Waals surface area (Å²) in [4.78, 5) is 11.1. The first-order valence-electron chi connectivity index (χ1n) is 3.40. The molecule has 1 aliphatic carbocycles. The third-order valence-corrected chi connectivity index (χ3v) is 1.46. The second kappa shape index (κ2) is 2.30. The highest BCUT2D eigenvalue weighted by atomic mass is 16.2. The van der Waals surface area contributed by atoms with Gasteiger partial charge < -0.3 is 5.32 Å².